The molecule has 87 heavy (non-hydrogen) atoms. The maximum absolute atomic E-state index is 14.6. The Hall–Kier alpha value is -9.75. The number of benzene rings is 3. The van der Waals surface area contributed by atoms with Crippen LogP contribution in [-0.2, 0) is 0 Å². The van der Waals surface area contributed by atoms with E-state index in [0.717, 1.165) is 83.4 Å². The van der Waals surface area contributed by atoms with Gasteiger partial charge >= 0.3 is 24.1 Å². The number of aromatic nitrogens is 7. The molecule has 0 aliphatic carbocycles. The normalized spacial score (nSPS) is 10.6. The van der Waals surface area contributed by atoms with Crippen LogP contribution in [0.2, 0.25) is 0 Å². The number of halogens is 5. The van der Waals surface area contributed by atoms with Crippen molar-refractivity contribution in [2.45, 2.75) is 59.3 Å². The third-order valence-corrected chi connectivity index (χ3v) is 13.6. The zero-order chi connectivity index (χ0) is 62.4. The standard InChI is InChI=1S/C24H22FN5O2.C19H18BrFN4O2.C12H15FN2O3.C7H5BrN2/c1-2-3-9-27-24(32)30-17-6-7-21(25)19(11-17)22(31)20-14-29-23-18(20)10-16(13-28-23)15-5-4-8-26-12-15;1-2-3-6-22-19(27)25-12-4-5-16(21)14(8-12)17(26)15-10-24-18-13(15)7-11(20)9-23-18;1-2-3-6-14-12(18)15-8-4-5-10(13)9(7-8)11(16)17;8-6-3-5-1-2-9-7(5)10-4-6/h4-8,10-14H,2-3,9H2,1H3,(H,28,29)(H2,27,30,32);4-5,7-10H,2-3,6H2,1H3,(H,23,24)(H2,22,25,27);4-5,7H,2-3,6H2,1H3,(H,16,17)(H2,14,15,18);1-4H,(H,9,10). The molecule has 0 bridgehead atoms. The van der Waals surface area contributed by atoms with Crippen LogP contribution in [-0.4, -0.2) is 95.3 Å². The Bertz CT molecular complexity index is 4050. The van der Waals surface area contributed by atoms with Gasteiger partial charge in [-0.2, -0.15) is 0 Å². The number of hydrogen-bond acceptors (Lipinski definition) is 10. The molecule has 0 unspecified atom stereocenters. The first-order chi connectivity index (χ1) is 42.0. The fraction of sp³-hybridized carbons (Fsp3) is 0.194. The SMILES string of the molecule is Brc1cnc2[nH]ccc2c1.CCCCNC(=O)Nc1ccc(F)c(C(=O)O)c1.CCCCNC(=O)Nc1ccc(F)c(C(=O)c2c[nH]c3ncc(-c4cccnc4)cc23)c1.CCCCNC(=O)Nc1ccc(F)c(C(=O)c2c[nH]c3ncc(Br)cc23)c1. The van der Waals surface area contributed by atoms with Crippen LogP contribution >= 0.6 is 31.9 Å². The highest BCUT2D eigenvalue weighted by molar-refractivity contribution is 9.10. The number of carboxylic acids is 1. The van der Waals surface area contributed by atoms with Crippen LogP contribution in [0.4, 0.5) is 44.6 Å². The summed E-state index contributed by atoms with van der Waals surface area (Å²) < 4.78 is 43.7. The number of fused-ring (bicyclic) bond motifs is 3. The van der Waals surface area contributed by atoms with Crippen molar-refractivity contribution in [1.29, 1.82) is 0 Å². The van der Waals surface area contributed by atoms with Crippen LogP contribution in [0.15, 0.2) is 150 Å². The molecule has 3 aromatic carbocycles. The molecule has 6 amide bonds. The van der Waals surface area contributed by atoms with Gasteiger partial charge in [0.2, 0.25) is 0 Å². The number of aromatic amines is 3. The fourth-order valence-corrected chi connectivity index (χ4v) is 8.91. The molecule has 10 aromatic rings. The van der Waals surface area contributed by atoms with Crippen LogP contribution in [0.3, 0.4) is 0 Å². The Labute approximate surface area is 513 Å². The maximum atomic E-state index is 14.6. The summed E-state index contributed by atoms with van der Waals surface area (Å²) in [5.41, 5.74) is 4.41. The van der Waals surface area contributed by atoms with Gasteiger partial charge in [0.15, 0.2) is 11.6 Å². The molecule has 450 valence electrons. The summed E-state index contributed by atoms with van der Waals surface area (Å²) in [5.74, 6) is -4.53. The van der Waals surface area contributed by atoms with E-state index in [2.05, 4.69) is 98.6 Å². The number of urea groups is 3. The maximum Gasteiger partial charge on any atom is 0.338 e. The van der Waals surface area contributed by atoms with Gasteiger partial charge in [0.25, 0.3) is 0 Å². The Morgan fingerprint density at radius 3 is 1.41 bits per heavy atom. The monoisotopic (exact) mass is 1310 g/mol. The van der Waals surface area contributed by atoms with E-state index in [9.17, 15) is 41.9 Å². The van der Waals surface area contributed by atoms with E-state index in [1.54, 1.807) is 37.1 Å². The molecule has 0 atom stereocenters. The molecular formula is C62H60Br2F3N13O7. The minimum absolute atomic E-state index is 0.123. The van der Waals surface area contributed by atoms with Gasteiger partial charge in [0, 0.05) is 134 Å². The second kappa shape index (κ2) is 31.9. The van der Waals surface area contributed by atoms with Gasteiger partial charge in [-0.25, -0.2) is 47.3 Å². The predicted octanol–water partition coefficient (Wildman–Crippen LogP) is 14.3. The lowest BCUT2D eigenvalue weighted by Crippen LogP contribution is -2.29. The fourth-order valence-electron chi connectivity index (χ4n) is 8.23. The highest BCUT2D eigenvalue weighted by atomic mass is 79.9. The predicted molar refractivity (Wildman–Crippen MR) is 336 cm³/mol. The van der Waals surface area contributed by atoms with Crippen molar-refractivity contribution in [3.63, 3.8) is 0 Å². The number of hydrogen-bond donors (Lipinski definition) is 10. The quantitative estimate of drug-likeness (QED) is 0.0285. The number of pyridine rings is 4. The summed E-state index contributed by atoms with van der Waals surface area (Å²) in [4.78, 5) is 97.7. The number of rotatable bonds is 18. The molecule has 10 rings (SSSR count). The number of nitrogens with zero attached hydrogens (tertiary/aromatic N) is 4. The van der Waals surface area contributed by atoms with Crippen LogP contribution in [0.1, 0.15) is 101 Å². The zero-order valence-corrected chi connectivity index (χ0v) is 50.4. The number of amides is 6. The number of carboxylic acid groups (broad SMARTS) is 1. The summed E-state index contributed by atoms with van der Waals surface area (Å²) in [6, 6.07) is 21.3. The van der Waals surface area contributed by atoms with E-state index >= 15 is 0 Å². The molecule has 7 heterocycles. The van der Waals surface area contributed by atoms with E-state index in [1.165, 1.54) is 48.8 Å². The van der Waals surface area contributed by atoms with Crippen molar-refractivity contribution in [2.75, 3.05) is 35.6 Å². The first-order valence-corrected chi connectivity index (χ1v) is 29.0. The third kappa shape index (κ3) is 18.4. The minimum Gasteiger partial charge on any atom is -0.478 e. The summed E-state index contributed by atoms with van der Waals surface area (Å²) in [6.07, 6.45) is 18.8. The number of ketones is 2. The first kappa shape index (κ1) is 64.8. The van der Waals surface area contributed by atoms with Gasteiger partial charge in [-0.1, -0.05) is 46.1 Å². The van der Waals surface area contributed by atoms with Crippen molar-refractivity contribution in [3.05, 3.63) is 195 Å². The molecule has 0 radical (unpaired) electrons. The number of carbonyl (C=O) groups is 6. The molecule has 20 nitrogen and oxygen atoms in total. The smallest absolute Gasteiger partial charge is 0.338 e. The highest BCUT2D eigenvalue weighted by Crippen LogP contribution is 2.29. The Kier molecular flexibility index (Phi) is 23.8. The minimum atomic E-state index is -1.37. The zero-order valence-electron chi connectivity index (χ0n) is 47.2. The number of carbonyl (C=O) groups excluding carboxylic acids is 5. The second-order valence-electron chi connectivity index (χ2n) is 19.1. The van der Waals surface area contributed by atoms with E-state index in [4.69, 9.17) is 5.11 Å². The summed E-state index contributed by atoms with van der Waals surface area (Å²) in [7, 11) is 0. The molecule has 0 spiro atoms. The number of nitrogens with one attached hydrogen (secondary N) is 9. The molecular weight excluding hydrogens is 1260 g/mol. The number of anilines is 3. The van der Waals surface area contributed by atoms with Crippen molar-refractivity contribution in [1.82, 2.24) is 50.8 Å². The lowest BCUT2D eigenvalue weighted by atomic mass is 10.0. The molecule has 0 saturated carbocycles. The Balaban J connectivity index is 0.000000177. The molecule has 0 saturated heterocycles. The summed E-state index contributed by atoms with van der Waals surface area (Å²) in [6.45, 7) is 7.67. The third-order valence-electron chi connectivity index (χ3n) is 12.7. The first-order valence-electron chi connectivity index (χ1n) is 27.4. The average molecular weight is 1320 g/mol. The number of aromatic carboxylic acids is 1. The van der Waals surface area contributed by atoms with Gasteiger partial charge in [0.1, 0.15) is 34.4 Å². The van der Waals surface area contributed by atoms with Crippen LogP contribution < -0.4 is 31.9 Å². The van der Waals surface area contributed by atoms with Crippen LogP contribution in [0, 0.1) is 17.5 Å². The van der Waals surface area contributed by atoms with E-state index in [0.29, 0.717) is 68.7 Å². The van der Waals surface area contributed by atoms with Gasteiger partial charge in [0.05, 0.1) is 16.7 Å². The molecule has 25 heteroatoms. The molecule has 0 aliphatic heterocycles. The van der Waals surface area contributed by atoms with Gasteiger partial charge in [-0.05, 0) is 136 Å². The Morgan fingerprint density at radius 1 is 0.494 bits per heavy atom. The van der Waals surface area contributed by atoms with Gasteiger partial charge in [-0.3, -0.25) is 14.6 Å². The summed E-state index contributed by atoms with van der Waals surface area (Å²) in [5, 5.41) is 26.8. The topological polar surface area (TPSA) is 294 Å². The van der Waals surface area contributed by atoms with E-state index < -0.39 is 58.6 Å². The van der Waals surface area contributed by atoms with E-state index in [-0.39, 0.29) is 16.8 Å². The summed E-state index contributed by atoms with van der Waals surface area (Å²) >= 11 is 6.66. The number of H-pyrrole nitrogens is 3. The molecule has 0 aliphatic rings. The van der Waals surface area contributed by atoms with Crippen LogP contribution in [0.25, 0.3) is 44.2 Å². The lowest BCUT2D eigenvalue weighted by molar-refractivity contribution is 0.0691. The van der Waals surface area contributed by atoms with Gasteiger partial charge in [-0.15, -0.1) is 0 Å². The average Bonchev–Trinajstić information content (AvgIpc) is 2.37. The largest absolute Gasteiger partial charge is 0.478 e. The lowest BCUT2D eigenvalue weighted by Gasteiger charge is -2.09. The molecule has 7 aromatic heterocycles. The van der Waals surface area contributed by atoms with Crippen LogP contribution in [0.5, 0.6) is 0 Å². The highest BCUT2D eigenvalue weighted by Gasteiger charge is 2.22. The van der Waals surface area contributed by atoms with E-state index in [1.807, 2.05) is 57.3 Å². The second-order valence-corrected chi connectivity index (χ2v) is 21.0. The van der Waals surface area contributed by atoms with Crippen molar-refractivity contribution in [3.8, 4) is 11.1 Å². The molecule has 0 fully saturated rings. The van der Waals surface area contributed by atoms with Crippen molar-refractivity contribution < 1.29 is 47.0 Å². The van der Waals surface area contributed by atoms with Crippen molar-refractivity contribution >= 4 is 118 Å². The van der Waals surface area contributed by atoms with Gasteiger partial charge < -0.3 is 52.0 Å². The van der Waals surface area contributed by atoms with Crippen molar-refractivity contribution in [2.24, 2.45) is 0 Å². The molecule has 10 N–H and O–H groups in total. The Morgan fingerprint density at radius 2 is 0.943 bits per heavy atom. The number of unbranched alkanes of at least 4 members (excludes halogenated alkanes) is 3.